The average Bonchev–Trinajstić information content (AvgIpc) is 3.40. The van der Waals surface area contributed by atoms with Gasteiger partial charge in [0.2, 0.25) is 0 Å². The summed E-state index contributed by atoms with van der Waals surface area (Å²) in [5.41, 5.74) is -1.91. The molecule has 0 bridgehead atoms. The molecular formula is C27H22ClF8N3O2. The Morgan fingerprint density at radius 2 is 1.78 bits per heavy atom. The number of ether oxygens (including phenoxy) is 1. The molecule has 0 spiro atoms. The molecule has 0 unspecified atom stereocenters. The molecule has 3 aromatic rings. The van der Waals surface area contributed by atoms with E-state index < -0.39 is 47.9 Å². The first-order valence-corrected chi connectivity index (χ1v) is 12.6. The van der Waals surface area contributed by atoms with E-state index >= 15 is 0 Å². The molecule has 0 saturated carbocycles. The van der Waals surface area contributed by atoms with Crippen LogP contribution in [0.4, 0.5) is 39.9 Å². The van der Waals surface area contributed by atoms with Crippen LogP contribution < -0.4 is 10.1 Å². The van der Waals surface area contributed by atoms with E-state index in [1.165, 1.54) is 18.3 Å². The number of benzene rings is 2. The van der Waals surface area contributed by atoms with Crippen LogP contribution in [0.2, 0.25) is 5.02 Å². The van der Waals surface area contributed by atoms with Crippen LogP contribution in [0.1, 0.15) is 29.7 Å². The molecule has 220 valence electrons. The fourth-order valence-electron chi connectivity index (χ4n) is 4.73. The fourth-order valence-corrected chi connectivity index (χ4v) is 4.84. The molecule has 1 aromatic heterocycles. The number of aromatic nitrogens is 1. The first-order chi connectivity index (χ1) is 19.2. The largest absolute Gasteiger partial charge is 0.461 e. The number of urea groups is 1. The van der Waals surface area contributed by atoms with Crippen molar-refractivity contribution in [1.82, 2.24) is 15.2 Å². The summed E-state index contributed by atoms with van der Waals surface area (Å²) in [6.45, 7) is -0.246. The molecule has 41 heavy (non-hydrogen) atoms. The molecule has 1 saturated heterocycles. The molecule has 2 atom stereocenters. The van der Waals surface area contributed by atoms with Gasteiger partial charge in [-0.2, -0.15) is 30.7 Å². The van der Waals surface area contributed by atoms with E-state index in [1.54, 1.807) is 30.3 Å². The van der Waals surface area contributed by atoms with E-state index in [-0.39, 0.29) is 42.1 Å². The second kappa shape index (κ2) is 11.7. The minimum absolute atomic E-state index is 0.0565. The number of carbonyl (C=O) groups is 1. The van der Waals surface area contributed by atoms with Gasteiger partial charge >= 0.3 is 24.7 Å². The maximum atomic E-state index is 14.9. The van der Waals surface area contributed by atoms with Gasteiger partial charge in [0, 0.05) is 25.2 Å². The Labute approximate surface area is 234 Å². The number of hydrogen-bond donors (Lipinski definition) is 1. The van der Waals surface area contributed by atoms with Gasteiger partial charge in [-0.3, -0.25) is 4.98 Å². The zero-order valence-electron chi connectivity index (χ0n) is 20.9. The van der Waals surface area contributed by atoms with Crippen molar-refractivity contribution < 1.29 is 44.7 Å². The van der Waals surface area contributed by atoms with Gasteiger partial charge in [0.15, 0.2) is 0 Å². The predicted molar refractivity (Wildman–Crippen MR) is 132 cm³/mol. The number of likely N-dealkylation sites (tertiary alicyclic amines) is 1. The number of nitrogens with one attached hydrogen (secondary N) is 1. The van der Waals surface area contributed by atoms with Crippen LogP contribution in [0, 0.1) is 5.82 Å². The van der Waals surface area contributed by atoms with Crippen LogP contribution in [-0.4, -0.2) is 47.2 Å². The quantitative estimate of drug-likeness (QED) is 0.273. The zero-order chi connectivity index (χ0) is 30.0. The molecule has 2 heterocycles. The minimum atomic E-state index is -5.00. The summed E-state index contributed by atoms with van der Waals surface area (Å²) in [5, 5.41) is 2.68. The Bertz CT molecular complexity index is 1360. The van der Waals surface area contributed by atoms with Crippen molar-refractivity contribution in [3.05, 3.63) is 94.5 Å². The second-order valence-electron chi connectivity index (χ2n) is 9.39. The van der Waals surface area contributed by atoms with Crippen molar-refractivity contribution in [2.45, 2.75) is 49.6 Å². The molecule has 1 N–H and O–H groups in total. The lowest BCUT2D eigenvalue weighted by atomic mass is 9.80. The zero-order valence-corrected chi connectivity index (χ0v) is 21.7. The maximum absolute atomic E-state index is 14.9. The number of amides is 2. The fraction of sp³-hybridized carbons (Fsp3) is 0.333. The number of halogens is 9. The number of nitrogens with zero attached hydrogens (tertiary/aromatic N) is 2. The molecule has 5 nitrogen and oxygen atoms in total. The number of carbonyl (C=O) groups excluding carboxylic acids is 1. The van der Waals surface area contributed by atoms with Gasteiger partial charge in [0.1, 0.15) is 23.1 Å². The van der Waals surface area contributed by atoms with Crippen LogP contribution >= 0.6 is 11.6 Å². The summed E-state index contributed by atoms with van der Waals surface area (Å²) in [5.74, 6) is -2.22. The van der Waals surface area contributed by atoms with Gasteiger partial charge in [-0.05, 0) is 48.2 Å². The molecule has 1 aliphatic heterocycles. The third kappa shape index (κ3) is 6.83. The predicted octanol–water partition coefficient (Wildman–Crippen LogP) is 7.33. The van der Waals surface area contributed by atoms with Crippen LogP contribution in [0.3, 0.4) is 0 Å². The molecule has 0 radical (unpaired) electrons. The molecule has 2 amide bonds. The van der Waals surface area contributed by atoms with E-state index in [4.69, 9.17) is 11.6 Å². The molecule has 1 fully saturated rings. The third-order valence-corrected chi connectivity index (χ3v) is 6.78. The summed E-state index contributed by atoms with van der Waals surface area (Å²) >= 11 is 5.98. The number of pyridine rings is 1. The Balaban J connectivity index is 1.91. The summed E-state index contributed by atoms with van der Waals surface area (Å²) in [6, 6.07) is 9.55. The monoisotopic (exact) mass is 607 g/mol. The average molecular weight is 608 g/mol. The van der Waals surface area contributed by atoms with Crippen LogP contribution in [0.5, 0.6) is 5.75 Å². The standard InChI is InChI=1S/C27H22ClF8N3O2/c28-18-8-9-21(37-15-18)25(14-16-5-2-1-3-6-16,38-24(40)39-10-4-7-22(39)26(32,33)34)17-11-19(29)13-20(12-17)41-27(35,36)23(30)31/h1-3,5-6,8-9,11-13,15,22-23H,4,7,10,14H2,(H,38,40)/t22-,25-/m0/s1. The first kappa shape index (κ1) is 30.4. The van der Waals surface area contributed by atoms with E-state index in [2.05, 4.69) is 15.0 Å². The van der Waals surface area contributed by atoms with Crippen LogP contribution in [0.15, 0.2) is 66.9 Å². The van der Waals surface area contributed by atoms with E-state index in [0.717, 1.165) is 12.1 Å². The highest BCUT2D eigenvalue weighted by Crippen LogP contribution is 2.39. The summed E-state index contributed by atoms with van der Waals surface area (Å²) < 4.78 is 113. The third-order valence-electron chi connectivity index (χ3n) is 6.56. The molecule has 4 rings (SSSR count). The van der Waals surface area contributed by atoms with E-state index in [1.807, 2.05) is 0 Å². The maximum Gasteiger partial charge on any atom is 0.461 e. The topological polar surface area (TPSA) is 54.5 Å². The number of rotatable bonds is 8. The highest BCUT2D eigenvalue weighted by atomic mass is 35.5. The Morgan fingerprint density at radius 3 is 2.39 bits per heavy atom. The number of alkyl halides is 7. The molecular weight excluding hydrogens is 586 g/mol. The van der Waals surface area contributed by atoms with Gasteiger partial charge in [-0.25, -0.2) is 9.18 Å². The molecule has 0 aliphatic carbocycles. The first-order valence-electron chi connectivity index (χ1n) is 12.2. The van der Waals surface area contributed by atoms with Crippen molar-refractivity contribution >= 4 is 17.6 Å². The second-order valence-corrected chi connectivity index (χ2v) is 9.83. The van der Waals surface area contributed by atoms with Gasteiger partial charge in [0.25, 0.3) is 0 Å². The van der Waals surface area contributed by atoms with Crippen LogP contribution in [-0.2, 0) is 12.0 Å². The van der Waals surface area contributed by atoms with E-state index in [9.17, 15) is 39.9 Å². The normalized spacial score (nSPS) is 17.4. The Morgan fingerprint density at radius 1 is 1.07 bits per heavy atom. The lowest BCUT2D eigenvalue weighted by Gasteiger charge is -2.38. The molecule has 1 aliphatic rings. The highest BCUT2D eigenvalue weighted by molar-refractivity contribution is 6.30. The lowest BCUT2D eigenvalue weighted by Crippen LogP contribution is -2.56. The van der Waals surface area contributed by atoms with Crippen molar-refractivity contribution in [3.8, 4) is 5.75 Å². The molecule has 14 heteroatoms. The van der Waals surface area contributed by atoms with Gasteiger partial charge in [0.05, 0.1) is 10.7 Å². The van der Waals surface area contributed by atoms with Gasteiger partial charge < -0.3 is 15.0 Å². The van der Waals surface area contributed by atoms with Crippen LogP contribution in [0.25, 0.3) is 0 Å². The Hall–Kier alpha value is -3.61. The number of hydrogen-bond acceptors (Lipinski definition) is 3. The highest BCUT2D eigenvalue weighted by Gasteiger charge is 2.50. The lowest BCUT2D eigenvalue weighted by molar-refractivity contribution is -0.253. The Kier molecular flexibility index (Phi) is 8.67. The van der Waals surface area contributed by atoms with Crippen molar-refractivity contribution in [2.24, 2.45) is 0 Å². The van der Waals surface area contributed by atoms with E-state index in [0.29, 0.717) is 16.5 Å². The smallest absolute Gasteiger partial charge is 0.428 e. The molecule has 2 aromatic carbocycles. The van der Waals surface area contributed by atoms with Crippen molar-refractivity contribution in [1.29, 1.82) is 0 Å². The SMILES string of the molecule is O=C(N[C@@](Cc1ccccc1)(c1cc(F)cc(OC(F)(F)C(F)F)c1)c1ccc(Cl)cn1)N1CCC[C@H]1C(F)(F)F. The van der Waals surface area contributed by atoms with Crippen molar-refractivity contribution in [2.75, 3.05) is 6.54 Å². The summed E-state index contributed by atoms with van der Waals surface area (Å²) in [6.07, 6.45) is -13.4. The summed E-state index contributed by atoms with van der Waals surface area (Å²) in [4.78, 5) is 18.3. The van der Waals surface area contributed by atoms with Crippen molar-refractivity contribution in [3.63, 3.8) is 0 Å². The minimum Gasteiger partial charge on any atom is -0.428 e. The van der Waals surface area contributed by atoms with Gasteiger partial charge in [-0.15, -0.1) is 0 Å². The summed E-state index contributed by atoms with van der Waals surface area (Å²) in [7, 11) is 0. The van der Waals surface area contributed by atoms with Gasteiger partial charge in [-0.1, -0.05) is 41.9 Å².